The number of hydrogen-bond donors (Lipinski definition) is 3. The highest BCUT2D eigenvalue weighted by Crippen LogP contribution is 2.16. The molecule has 0 saturated carbocycles. The van der Waals surface area contributed by atoms with Gasteiger partial charge in [0, 0.05) is 6.54 Å². The lowest BCUT2D eigenvalue weighted by Gasteiger charge is -2.09. The highest BCUT2D eigenvalue weighted by molar-refractivity contribution is 5.25. The molecule has 1 aromatic carbocycles. The molecular formula is C10H15NO2. The van der Waals surface area contributed by atoms with Crippen LogP contribution in [-0.4, -0.2) is 16.8 Å². The average molecular weight is 181 g/mol. The summed E-state index contributed by atoms with van der Waals surface area (Å²) in [5.41, 5.74) is 6.93. The van der Waals surface area contributed by atoms with Gasteiger partial charge in [0.15, 0.2) is 0 Å². The van der Waals surface area contributed by atoms with Gasteiger partial charge in [0.1, 0.15) is 0 Å². The summed E-state index contributed by atoms with van der Waals surface area (Å²) >= 11 is 0. The number of hydrogen-bond acceptors (Lipinski definition) is 3. The molecule has 2 atom stereocenters. The Morgan fingerprint density at radius 2 is 1.62 bits per heavy atom. The third kappa shape index (κ3) is 2.52. The van der Waals surface area contributed by atoms with Gasteiger partial charge in [-0.05, 0) is 18.1 Å². The van der Waals surface area contributed by atoms with Crippen molar-refractivity contribution in [3.8, 4) is 0 Å². The van der Waals surface area contributed by atoms with E-state index in [9.17, 15) is 10.2 Å². The molecule has 0 aliphatic carbocycles. The summed E-state index contributed by atoms with van der Waals surface area (Å²) < 4.78 is 0. The van der Waals surface area contributed by atoms with Crippen molar-refractivity contribution in [2.75, 3.05) is 6.54 Å². The normalized spacial score (nSPS) is 15.4. The molecule has 4 N–H and O–H groups in total. The van der Waals surface area contributed by atoms with Crippen LogP contribution in [0.3, 0.4) is 0 Å². The van der Waals surface area contributed by atoms with Gasteiger partial charge in [-0.3, -0.25) is 0 Å². The largest absolute Gasteiger partial charge is 0.389 e. The second-order valence-corrected chi connectivity index (χ2v) is 3.09. The summed E-state index contributed by atoms with van der Waals surface area (Å²) in [4.78, 5) is 0. The first-order valence-electron chi connectivity index (χ1n) is 4.31. The molecular weight excluding hydrogens is 166 g/mol. The van der Waals surface area contributed by atoms with E-state index in [1.54, 1.807) is 31.2 Å². The molecule has 0 fully saturated rings. The zero-order valence-electron chi connectivity index (χ0n) is 7.64. The summed E-state index contributed by atoms with van der Waals surface area (Å²) in [7, 11) is 0. The molecule has 1 rings (SSSR count). The zero-order valence-corrected chi connectivity index (χ0v) is 7.64. The standard InChI is InChI=1S/C10H15NO2/c1-7(12)8-2-4-9(5-3-8)10(13)6-11/h2-5,7,10,12-13H,6,11H2,1H3. The Hall–Kier alpha value is -0.900. The maximum Gasteiger partial charge on any atom is 0.0912 e. The van der Waals surface area contributed by atoms with Crippen LogP contribution in [0.2, 0.25) is 0 Å². The lowest BCUT2D eigenvalue weighted by molar-refractivity contribution is 0.185. The van der Waals surface area contributed by atoms with Crippen LogP contribution in [0.1, 0.15) is 30.3 Å². The predicted octanol–water partition coefficient (Wildman–Crippen LogP) is 0.732. The fourth-order valence-electron chi connectivity index (χ4n) is 1.13. The SMILES string of the molecule is CC(O)c1ccc(C(O)CN)cc1. The number of rotatable bonds is 3. The zero-order chi connectivity index (χ0) is 9.84. The van der Waals surface area contributed by atoms with Gasteiger partial charge in [-0.1, -0.05) is 24.3 Å². The van der Waals surface area contributed by atoms with E-state index in [0.717, 1.165) is 11.1 Å². The van der Waals surface area contributed by atoms with Gasteiger partial charge in [-0.15, -0.1) is 0 Å². The molecule has 0 aliphatic rings. The molecule has 0 aromatic heterocycles. The average Bonchev–Trinajstić information content (AvgIpc) is 2.17. The van der Waals surface area contributed by atoms with Crippen LogP contribution in [0, 0.1) is 0 Å². The molecule has 0 amide bonds. The van der Waals surface area contributed by atoms with E-state index >= 15 is 0 Å². The molecule has 0 spiro atoms. The molecule has 0 bridgehead atoms. The molecule has 13 heavy (non-hydrogen) atoms. The Labute approximate surface area is 77.8 Å². The summed E-state index contributed by atoms with van der Waals surface area (Å²) in [6, 6.07) is 7.14. The Kier molecular flexibility index (Phi) is 3.42. The van der Waals surface area contributed by atoms with E-state index in [0.29, 0.717) is 0 Å². The fraction of sp³-hybridized carbons (Fsp3) is 0.400. The fourth-order valence-corrected chi connectivity index (χ4v) is 1.13. The van der Waals surface area contributed by atoms with Crippen LogP contribution in [0.5, 0.6) is 0 Å². The minimum atomic E-state index is -0.608. The van der Waals surface area contributed by atoms with Crippen molar-refractivity contribution >= 4 is 0 Å². The monoisotopic (exact) mass is 181 g/mol. The van der Waals surface area contributed by atoms with Crippen molar-refractivity contribution in [2.45, 2.75) is 19.1 Å². The molecule has 2 unspecified atom stereocenters. The Morgan fingerprint density at radius 1 is 1.15 bits per heavy atom. The van der Waals surface area contributed by atoms with Crippen molar-refractivity contribution < 1.29 is 10.2 Å². The first kappa shape index (κ1) is 10.2. The van der Waals surface area contributed by atoms with E-state index in [1.165, 1.54) is 0 Å². The summed E-state index contributed by atoms with van der Waals surface area (Å²) in [6.45, 7) is 1.92. The van der Waals surface area contributed by atoms with Crippen molar-refractivity contribution in [3.63, 3.8) is 0 Å². The molecule has 0 aliphatic heterocycles. The van der Waals surface area contributed by atoms with Crippen molar-refractivity contribution in [1.29, 1.82) is 0 Å². The summed E-state index contributed by atoms with van der Waals surface area (Å²) in [5, 5.41) is 18.6. The number of benzene rings is 1. The Balaban J connectivity index is 2.81. The summed E-state index contributed by atoms with van der Waals surface area (Å²) in [6.07, 6.45) is -1.08. The van der Waals surface area contributed by atoms with E-state index in [4.69, 9.17) is 5.73 Å². The van der Waals surface area contributed by atoms with Crippen LogP contribution in [0.15, 0.2) is 24.3 Å². The number of aliphatic hydroxyl groups excluding tert-OH is 2. The van der Waals surface area contributed by atoms with Gasteiger partial charge in [0.05, 0.1) is 12.2 Å². The van der Waals surface area contributed by atoms with Gasteiger partial charge in [-0.2, -0.15) is 0 Å². The lowest BCUT2D eigenvalue weighted by atomic mass is 10.0. The minimum absolute atomic E-state index is 0.216. The first-order chi connectivity index (χ1) is 6.15. The molecule has 0 radical (unpaired) electrons. The molecule has 0 saturated heterocycles. The molecule has 3 heteroatoms. The first-order valence-corrected chi connectivity index (χ1v) is 4.31. The van der Waals surface area contributed by atoms with Crippen LogP contribution < -0.4 is 5.73 Å². The van der Waals surface area contributed by atoms with Gasteiger partial charge in [0.25, 0.3) is 0 Å². The summed E-state index contributed by atoms with van der Waals surface area (Å²) in [5.74, 6) is 0. The molecule has 0 heterocycles. The minimum Gasteiger partial charge on any atom is -0.389 e. The lowest BCUT2D eigenvalue weighted by Crippen LogP contribution is -2.11. The van der Waals surface area contributed by atoms with Gasteiger partial charge >= 0.3 is 0 Å². The molecule has 72 valence electrons. The predicted molar refractivity (Wildman–Crippen MR) is 51.1 cm³/mol. The van der Waals surface area contributed by atoms with Crippen molar-refractivity contribution in [1.82, 2.24) is 0 Å². The smallest absolute Gasteiger partial charge is 0.0912 e. The van der Waals surface area contributed by atoms with Crippen LogP contribution in [0.25, 0.3) is 0 Å². The third-order valence-corrected chi connectivity index (χ3v) is 2.03. The topological polar surface area (TPSA) is 66.5 Å². The Morgan fingerprint density at radius 3 is 2.00 bits per heavy atom. The second-order valence-electron chi connectivity index (χ2n) is 3.09. The number of nitrogens with two attached hydrogens (primary N) is 1. The van der Waals surface area contributed by atoms with Gasteiger partial charge in [0.2, 0.25) is 0 Å². The van der Waals surface area contributed by atoms with Crippen molar-refractivity contribution in [2.24, 2.45) is 5.73 Å². The molecule has 3 nitrogen and oxygen atoms in total. The van der Waals surface area contributed by atoms with E-state index in [-0.39, 0.29) is 6.54 Å². The third-order valence-electron chi connectivity index (χ3n) is 2.03. The van der Waals surface area contributed by atoms with Crippen LogP contribution >= 0.6 is 0 Å². The second kappa shape index (κ2) is 4.37. The quantitative estimate of drug-likeness (QED) is 0.644. The molecule has 1 aromatic rings. The van der Waals surface area contributed by atoms with E-state index in [2.05, 4.69) is 0 Å². The maximum absolute atomic E-state index is 9.37. The van der Waals surface area contributed by atoms with Gasteiger partial charge < -0.3 is 15.9 Å². The van der Waals surface area contributed by atoms with E-state index < -0.39 is 12.2 Å². The highest BCUT2D eigenvalue weighted by atomic mass is 16.3. The van der Waals surface area contributed by atoms with E-state index in [1.807, 2.05) is 0 Å². The van der Waals surface area contributed by atoms with Gasteiger partial charge in [-0.25, -0.2) is 0 Å². The maximum atomic E-state index is 9.37. The Bertz CT molecular complexity index is 256. The van der Waals surface area contributed by atoms with Crippen molar-refractivity contribution in [3.05, 3.63) is 35.4 Å². The highest BCUT2D eigenvalue weighted by Gasteiger charge is 2.05. The van der Waals surface area contributed by atoms with Crippen LogP contribution in [0.4, 0.5) is 0 Å². The van der Waals surface area contributed by atoms with Crippen LogP contribution in [-0.2, 0) is 0 Å². The number of aliphatic hydroxyl groups is 2.